The van der Waals surface area contributed by atoms with E-state index in [1.165, 1.54) is 5.56 Å². The van der Waals surface area contributed by atoms with Gasteiger partial charge in [-0.15, -0.1) is 0 Å². The highest BCUT2D eigenvalue weighted by molar-refractivity contribution is 5.43. The number of aliphatic hydroxyl groups excluding tert-OH is 1. The minimum absolute atomic E-state index is 0.270. The number of rotatable bonds is 10. The Kier molecular flexibility index (Phi) is 7.41. The van der Waals surface area contributed by atoms with Crippen LogP contribution in [-0.4, -0.2) is 50.7 Å². The molecule has 6 nitrogen and oxygen atoms in total. The van der Waals surface area contributed by atoms with E-state index in [9.17, 15) is 5.11 Å². The molecule has 3 aromatic rings. The van der Waals surface area contributed by atoms with E-state index in [0.29, 0.717) is 25.7 Å². The molecule has 1 unspecified atom stereocenters. The van der Waals surface area contributed by atoms with Crippen molar-refractivity contribution in [1.29, 1.82) is 0 Å². The number of hydrogen-bond acceptors (Lipinski definition) is 5. The second kappa shape index (κ2) is 10.3. The number of ether oxygens (including phenoxy) is 2. The fourth-order valence-corrected chi connectivity index (χ4v) is 3.94. The van der Waals surface area contributed by atoms with Crippen LogP contribution in [0.2, 0.25) is 0 Å². The number of aromatic nitrogens is 2. The Morgan fingerprint density at radius 3 is 2.35 bits per heavy atom. The van der Waals surface area contributed by atoms with E-state index < -0.39 is 6.10 Å². The molecule has 6 heteroatoms. The third-order valence-corrected chi connectivity index (χ3v) is 5.95. The van der Waals surface area contributed by atoms with Crippen molar-refractivity contribution in [2.24, 2.45) is 0 Å². The van der Waals surface area contributed by atoms with Crippen molar-refractivity contribution in [3.8, 4) is 17.3 Å². The van der Waals surface area contributed by atoms with Gasteiger partial charge in [-0.3, -0.25) is 4.90 Å². The lowest BCUT2D eigenvalue weighted by Crippen LogP contribution is -2.38. The minimum Gasteiger partial charge on any atom is -0.439 e. The standard InChI is InChI=1S/C28H37N3O3/c1-20-11-15-25(16-12-20)34-27-26(21(2)29-31(27)23-9-7-6-8-10-23)18-30(22-13-14-22)17-24(32)19-33-28(3,4)5/h6-12,15-16,22,24,32H,13-14,17-19H2,1-5H3. The van der Waals surface area contributed by atoms with E-state index in [1.807, 2.05) is 87.0 Å². The van der Waals surface area contributed by atoms with Crippen molar-refractivity contribution in [1.82, 2.24) is 14.7 Å². The van der Waals surface area contributed by atoms with Gasteiger partial charge in [0.25, 0.3) is 0 Å². The largest absolute Gasteiger partial charge is 0.439 e. The number of para-hydroxylation sites is 1. The van der Waals surface area contributed by atoms with Crippen molar-refractivity contribution >= 4 is 0 Å². The van der Waals surface area contributed by atoms with Gasteiger partial charge in [0.1, 0.15) is 5.75 Å². The Bertz CT molecular complexity index is 1070. The van der Waals surface area contributed by atoms with E-state index in [-0.39, 0.29) is 5.60 Å². The van der Waals surface area contributed by atoms with Gasteiger partial charge < -0.3 is 14.6 Å². The molecule has 1 fully saturated rings. The number of nitrogens with zero attached hydrogens (tertiary/aromatic N) is 3. The smallest absolute Gasteiger partial charge is 0.227 e. The van der Waals surface area contributed by atoms with Gasteiger partial charge in [-0.1, -0.05) is 35.9 Å². The maximum absolute atomic E-state index is 10.7. The van der Waals surface area contributed by atoms with Crippen molar-refractivity contribution in [2.75, 3.05) is 13.2 Å². The molecule has 1 atom stereocenters. The van der Waals surface area contributed by atoms with E-state index in [1.54, 1.807) is 0 Å². The number of aryl methyl sites for hydroxylation is 2. The van der Waals surface area contributed by atoms with Gasteiger partial charge in [0.15, 0.2) is 0 Å². The zero-order chi connectivity index (χ0) is 24.3. The molecule has 0 radical (unpaired) electrons. The van der Waals surface area contributed by atoms with Gasteiger partial charge in [0, 0.05) is 19.1 Å². The minimum atomic E-state index is -0.550. The first-order valence-corrected chi connectivity index (χ1v) is 12.1. The Morgan fingerprint density at radius 1 is 1.06 bits per heavy atom. The van der Waals surface area contributed by atoms with Crippen molar-refractivity contribution in [3.05, 3.63) is 71.4 Å². The molecule has 1 aliphatic rings. The van der Waals surface area contributed by atoms with E-state index >= 15 is 0 Å². The summed E-state index contributed by atoms with van der Waals surface area (Å²) in [6.45, 7) is 11.7. The third kappa shape index (κ3) is 6.47. The molecule has 1 aromatic heterocycles. The molecule has 34 heavy (non-hydrogen) atoms. The molecule has 2 aromatic carbocycles. The third-order valence-electron chi connectivity index (χ3n) is 5.95. The van der Waals surface area contributed by atoms with Gasteiger partial charge in [0.05, 0.1) is 35.3 Å². The van der Waals surface area contributed by atoms with Crippen LogP contribution < -0.4 is 4.74 Å². The van der Waals surface area contributed by atoms with Crippen LogP contribution in [0.25, 0.3) is 5.69 Å². The summed E-state index contributed by atoms with van der Waals surface area (Å²) in [7, 11) is 0. The van der Waals surface area contributed by atoms with Gasteiger partial charge in [-0.2, -0.15) is 5.10 Å². The Balaban J connectivity index is 1.61. The monoisotopic (exact) mass is 463 g/mol. The Labute approximate surface area is 203 Å². The van der Waals surface area contributed by atoms with Crippen LogP contribution in [0.5, 0.6) is 11.6 Å². The summed E-state index contributed by atoms with van der Waals surface area (Å²) in [5, 5.41) is 15.6. The van der Waals surface area contributed by atoms with E-state index in [4.69, 9.17) is 14.6 Å². The van der Waals surface area contributed by atoms with Crippen LogP contribution in [0.4, 0.5) is 0 Å². The van der Waals surface area contributed by atoms with Crippen molar-refractivity contribution in [3.63, 3.8) is 0 Å². The van der Waals surface area contributed by atoms with Crippen molar-refractivity contribution in [2.45, 2.75) is 71.8 Å². The van der Waals surface area contributed by atoms with Gasteiger partial charge in [0.2, 0.25) is 5.88 Å². The molecule has 1 saturated carbocycles. The van der Waals surface area contributed by atoms with Gasteiger partial charge >= 0.3 is 0 Å². The molecule has 0 bridgehead atoms. The molecule has 0 amide bonds. The second-order valence-corrected chi connectivity index (χ2v) is 10.3. The summed E-state index contributed by atoms with van der Waals surface area (Å²) in [6, 6.07) is 18.6. The summed E-state index contributed by atoms with van der Waals surface area (Å²) >= 11 is 0. The van der Waals surface area contributed by atoms with Crippen LogP contribution in [0.3, 0.4) is 0 Å². The maximum Gasteiger partial charge on any atom is 0.227 e. The maximum atomic E-state index is 10.7. The number of hydrogen-bond donors (Lipinski definition) is 1. The predicted octanol–water partition coefficient (Wildman–Crippen LogP) is 5.42. The molecule has 182 valence electrons. The van der Waals surface area contributed by atoms with E-state index in [2.05, 4.69) is 11.8 Å². The summed E-state index contributed by atoms with van der Waals surface area (Å²) in [5.41, 5.74) is 3.84. The summed E-state index contributed by atoms with van der Waals surface area (Å²) in [6.07, 6.45) is 1.74. The average Bonchev–Trinajstić information content (AvgIpc) is 3.60. The Hall–Kier alpha value is -2.67. The first kappa shape index (κ1) is 24.5. The zero-order valence-corrected chi connectivity index (χ0v) is 21.0. The summed E-state index contributed by atoms with van der Waals surface area (Å²) in [4.78, 5) is 2.35. The second-order valence-electron chi connectivity index (χ2n) is 10.3. The molecular weight excluding hydrogens is 426 g/mol. The SMILES string of the molecule is Cc1ccc(Oc2c(CN(CC(O)COC(C)(C)C)C3CC3)c(C)nn2-c2ccccc2)cc1. The average molecular weight is 464 g/mol. The highest BCUT2D eigenvalue weighted by Crippen LogP contribution is 2.35. The summed E-state index contributed by atoms with van der Waals surface area (Å²) < 4.78 is 14.2. The fourth-order valence-electron chi connectivity index (χ4n) is 3.94. The van der Waals surface area contributed by atoms with Crippen molar-refractivity contribution < 1.29 is 14.6 Å². The topological polar surface area (TPSA) is 59.8 Å². The Morgan fingerprint density at radius 2 is 1.74 bits per heavy atom. The molecule has 4 rings (SSSR count). The lowest BCUT2D eigenvalue weighted by atomic mass is 10.2. The first-order valence-electron chi connectivity index (χ1n) is 12.1. The van der Waals surface area contributed by atoms with Crippen LogP contribution in [0.1, 0.15) is 50.4 Å². The lowest BCUT2D eigenvalue weighted by Gasteiger charge is -2.27. The molecule has 1 heterocycles. The van der Waals surface area contributed by atoms with Gasteiger partial charge in [-0.05, 0) is 71.7 Å². The number of aliphatic hydroxyl groups is 1. The summed E-state index contributed by atoms with van der Waals surface area (Å²) in [5.74, 6) is 1.50. The number of benzene rings is 2. The molecule has 0 spiro atoms. The molecule has 0 saturated heterocycles. The quantitative estimate of drug-likeness (QED) is 0.435. The highest BCUT2D eigenvalue weighted by Gasteiger charge is 2.33. The highest BCUT2D eigenvalue weighted by atomic mass is 16.5. The fraction of sp³-hybridized carbons (Fsp3) is 0.464. The zero-order valence-electron chi connectivity index (χ0n) is 21.0. The van der Waals surface area contributed by atoms with Gasteiger partial charge in [-0.25, -0.2) is 4.68 Å². The van der Waals surface area contributed by atoms with Crippen LogP contribution in [-0.2, 0) is 11.3 Å². The predicted molar refractivity (Wildman–Crippen MR) is 135 cm³/mol. The lowest BCUT2D eigenvalue weighted by molar-refractivity contribution is -0.0573. The molecule has 1 aliphatic carbocycles. The van der Waals surface area contributed by atoms with E-state index in [0.717, 1.165) is 41.4 Å². The molecule has 1 N–H and O–H groups in total. The molecular formula is C28H37N3O3. The first-order chi connectivity index (χ1) is 16.2. The van der Waals surface area contributed by atoms with Crippen LogP contribution >= 0.6 is 0 Å². The van der Waals surface area contributed by atoms with Crippen LogP contribution in [0, 0.1) is 13.8 Å². The normalized spacial score (nSPS) is 15.0. The van der Waals surface area contributed by atoms with Crippen LogP contribution in [0.15, 0.2) is 54.6 Å². The molecule has 0 aliphatic heterocycles.